The fourth-order valence-electron chi connectivity index (χ4n) is 3.19. The van der Waals surface area contributed by atoms with E-state index in [1.807, 2.05) is 44.2 Å². The Labute approximate surface area is 162 Å². The molecule has 2 heterocycles. The van der Waals surface area contributed by atoms with Crippen molar-refractivity contribution in [3.63, 3.8) is 0 Å². The zero-order valence-electron chi connectivity index (χ0n) is 15.1. The van der Waals surface area contributed by atoms with E-state index in [9.17, 15) is 4.79 Å². The molecule has 6 heteroatoms. The summed E-state index contributed by atoms with van der Waals surface area (Å²) in [5.41, 5.74) is 5.33. The van der Waals surface area contributed by atoms with Crippen molar-refractivity contribution in [3.05, 3.63) is 70.3 Å². The van der Waals surface area contributed by atoms with Gasteiger partial charge in [0.05, 0.1) is 17.1 Å². The van der Waals surface area contributed by atoms with Crippen molar-refractivity contribution in [2.24, 2.45) is 0 Å². The minimum Gasteiger partial charge on any atom is -0.486 e. The Morgan fingerprint density at radius 1 is 1.30 bits per heavy atom. The van der Waals surface area contributed by atoms with Crippen LogP contribution in [0, 0.1) is 6.92 Å². The number of nitrogens with one attached hydrogen (secondary N) is 1. The van der Waals surface area contributed by atoms with Gasteiger partial charge in [0.1, 0.15) is 18.1 Å². The summed E-state index contributed by atoms with van der Waals surface area (Å²) in [5, 5.41) is 3.38. The third kappa shape index (κ3) is 3.43. The van der Waals surface area contributed by atoms with E-state index < -0.39 is 0 Å². The quantitative estimate of drug-likeness (QED) is 0.729. The zero-order valence-corrected chi connectivity index (χ0v) is 15.8. The topological polar surface area (TPSA) is 64.4 Å². The minimum absolute atomic E-state index is 0.123. The second kappa shape index (κ2) is 7.08. The molecular weight excluding hydrogens is 364 g/mol. The highest BCUT2D eigenvalue weighted by atomic mass is 35.5. The second-order valence-corrected chi connectivity index (χ2v) is 7.12. The molecule has 1 atom stereocenters. The fraction of sp³-hybridized carbons (Fsp3) is 0.238. The summed E-state index contributed by atoms with van der Waals surface area (Å²) >= 11 is 6.55. The van der Waals surface area contributed by atoms with Crippen molar-refractivity contribution in [1.82, 2.24) is 10.3 Å². The van der Waals surface area contributed by atoms with Gasteiger partial charge >= 0.3 is 0 Å². The number of hydrogen-bond acceptors (Lipinski definition) is 4. The van der Waals surface area contributed by atoms with Gasteiger partial charge in [-0.25, -0.2) is 4.98 Å². The van der Waals surface area contributed by atoms with Gasteiger partial charge in [-0.3, -0.25) is 4.79 Å². The normalized spacial score (nSPS) is 16.3. The number of halogens is 1. The van der Waals surface area contributed by atoms with Crippen LogP contribution in [0.3, 0.4) is 0 Å². The summed E-state index contributed by atoms with van der Waals surface area (Å²) < 4.78 is 10.9. The highest BCUT2D eigenvalue weighted by molar-refractivity contribution is 6.33. The molecule has 2 aromatic carbocycles. The Morgan fingerprint density at radius 3 is 2.78 bits per heavy atom. The summed E-state index contributed by atoms with van der Waals surface area (Å²) in [5.74, 6) is 0.320. The van der Waals surface area contributed by atoms with Crippen LogP contribution < -0.4 is 10.1 Å². The molecule has 27 heavy (non-hydrogen) atoms. The third-order valence-corrected chi connectivity index (χ3v) is 5.22. The van der Waals surface area contributed by atoms with Gasteiger partial charge in [0.15, 0.2) is 12.1 Å². The van der Waals surface area contributed by atoms with E-state index in [1.54, 1.807) is 6.26 Å². The molecule has 1 aliphatic heterocycles. The molecule has 138 valence electrons. The summed E-state index contributed by atoms with van der Waals surface area (Å²) in [6.45, 7) is 4.33. The first-order valence-corrected chi connectivity index (χ1v) is 9.15. The van der Waals surface area contributed by atoms with E-state index in [0.29, 0.717) is 29.3 Å². The lowest BCUT2D eigenvalue weighted by Gasteiger charge is -2.17. The first-order valence-electron chi connectivity index (χ1n) is 8.77. The van der Waals surface area contributed by atoms with Gasteiger partial charge in [0.2, 0.25) is 0 Å². The molecule has 1 aliphatic rings. The molecule has 5 nitrogen and oxygen atoms in total. The number of ether oxygens (including phenoxy) is 1. The first-order chi connectivity index (χ1) is 13.0. The molecule has 0 aliphatic carbocycles. The lowest BCUT2D eigenvalue weighted by atomic mass is 9.96. The lowest BCUT2D eigenvalue weighted by molar-refractivity contribution is 0.0952. The number of nitrogens with zero attached hydrogens (tertiary/aromatic N) is 1. The molecular formula is C21H19ClN2O3. The Kier molecular flexibility index (Phi) is 4.62. The van der Waals surface area contributed by atoms with Gasteiger partial charge in [0.25, 0.3) is 5.91 Å². The van der Waals surface area contributed by atoms with Crippen LogP contribution >= 0.6 is 11.6 Å². The van der Waals surface area contributed by atoms with Gasteiger partial charge in [-0.2, -0.15) is 0 Å². The Balaban J connectivity index is 1.66. The van der Waals surface area contributed by atoms with E-state index in [4.69, 9.17) is 20.8 Å². The van der Waals surface area contributed by atoms with Gasteiger partial charge in [-0.1, -0.05) is 35.9 Å². The van der Waals surface area contributed by atoms with Crippen LogP contribution in [-0.2, 0) is 6.42 Å². The standard InChI is InChI=1S/C21H19ClN2O3/c1-12-9-23-21(25)17-8-16(13(2)19(22)20(17)27-12)7-14-3-5-15(6-4-14)18-10-26-11-24-18/h3-6,8,10-12H,7,9H2,1-2H3,(H,23,25)/t12-/m0/s1. The van der Waals surface area contributed by atoms with Crippen molar-refractivity contribution in [3.8, 4) is 17.0 Å². The molecule has 0 saturated heterocycles. The van der Waals surface area contributed by atoms with Crippen molar-refractivity contribution in [2.75, 3.05) is 6.54 Å². The number of amides is 1. The van der Waals surface area contributed by atoms with E-state index in [-0.39, 0.29) is 12.0 Å². The van der Waals surface area contributed by atoms with Crippen molar-refractivity contribution in [1.29, 1.82) is 0 Å². The first kappa shape index (κ1) is 17.6. The monoisotopic (exact) mass is 382 g/mol. The summed E-state index contributed by atoms with van der Waals surface area (Å²) in [6, 6.07) is 9.98. The van der Waals surface area contributed by atoms with Crippen molar-refractivity contribution < 1.29 is 13.9 Å². The van der Waals surface area contributed by atoms with Crippen LogP contribution in [0.1, 0.15) is 34.0 Å². The molecule has 4 rings (SSSR count). The Bertz CT molecular complexity index is 982. The van der Waals surface area contributed by atoms with Crippen LogP contribution in [0.15, 0.2) is 47.4 Å². The highest BCUT2D eigenvalue weighted by Crippen LogP contribution is 2.37. The van der Waals surface area contributed by atoms with Crippen molar-refractivity contribution in [2.45, 2.75) is 26.4 Å². The number of carbonyl (C=O) groups is 1. The largest absolute Gasteiger partial charge is 0.486 e. The predicted molar refractivity (Wildman–Crippen MR) is 103 cm³/mol. The van der Waals surface area contributed by atoms with Gasteiger partial charge in [-0.15, -0.1) is 0 Å². The molecule has 1 aromatic heterocycles. The number of carbonyl (C=O) groups excluding carboxylic acids is 1. The average molecular weight is 383 g/mol. The maximum atomic E-state index is 12.4. The highest BCUT2D eigenvalue weighted by Gasteiger charge is 2.25. The van der Waals surface area contributed by atoms with Crippen LogP contribution in [0.4, 0.5) is 0 Å². The van der Waals surface area contributed by atoms with Crippen LogP contribution in [0.5, 0.6) is 5.75 Å². The second-order valence-electron chi connectivity index (χ2n) is 6.74. The van der Waals surface area contributed by atoms with Crippen LogP contribution in [0.2, 0.25) is 5.02 Å². The van der Waals surface area contributed by atoms with E-state index in [0.717, 1.165) is 27.9 Å². The van der Waals surface area contributed by atoms with E-state index >= 15 is 0 Å². The lowest BCUT2D eigenvalue weighted by Crippen LogP contribution is -2.29. The van der Waals surface area contributed by atoms with E-state index in [1.165, 1.54) is 6.39 Å². The van der Waals surface area contributed by atoms with Gasteiger partial charge in [-0.05, 0) is 43.0 Å². The molecule has 0 radical (unpaired) electrons. The molecule has 3 aromatic rings. The van der Waals surface area contributed by atoms with Crippen molar-refractivity contribution >= 4 is 17.5 Å². The molecule has 0 fully saturated rings. The number of fused-ring (bicyclic) bond motifs is 1. The Morgan fingerprint density at radius 2 is 2.07 bits per heavy atom. The summed E-state index contributed by atoms with van der Waals surface area (Å²) in [4.78, 5) is 16.6. The molecule has 1 amide bonds. The minimum atomic E-state index is -0.154. The number of rotatable bonds is 3. The number of hydrogen-bond donors (Lipinski definition) is 1. The fourth-order valence-corrected chi connectivity index (χ4v) is 3.46. The number of aromatic nitrogens is 1. The SMILES string of the molecule is Cc1c(Cc2ccc(-c3cocn3)cc2)cc2c(c1Cl)O[C@@H](C)CNC2=O. The summed E-state index contributed by atoms with van der Waals surface area (Å²) in [6.07, 6.45) is 3.58. The van der Waals surface area contributed by atoms with Gasteiger partial charge in [0, 0.05) is 5.56 Å². The molecule has 0 saturated carbocycles. The number of benzene rings is 2. The zero-order chi connectivity index (χ0) is 19.0. The summed E-state index contributed by atoms with van der Waals surface area (Å²) in [7, 11) is 0. The molecule has 0 spiro atoms. The van der Waals surface area contributed by atoms with Gasteiger partial charge < -0.3 is 14.5 Å². The molecule has 0 bridgehead atoms. The van der Waals surface area contributed by atoms with E-state index in [2.05, 4.69) is 10.3 Å². The maximum Gasteiger partial charge on any atom is 0.255 e. The third-order valence-electron chi connectivity index (χ3n) is 4.76. The average Bonchev–Trinajstić information content (AvgIpc) is 3.16. The molecule has 0 unspecified atom stereocenters. The number of oxazole rings is 1. The molecule has 1 N–H and O–H groups in total. The smallest absolute Gasteiger partial charge is 0.255 e. The van der Waals surface area contributed by atoms with Crippen LogP contribution in [-0.4, -0.2) is 23.5 Å². The Hall–Kier alpha value is -2.79. The predicted octanol–water partition coefficient (Wildman–Crippen LogP) is 4.40. The van der Waals surface area contributed by atoms with Crippen LogP contribution in [0.25, 0.3) is 11.3 Å². The maximum absolute atomic E-state index is 12.4.